The number of hydrogen-bond acceptors (Lipinski definition) is 8. The van der Waals surface area contributed by atoms with Gasteiger partial charge in [0.2, 0.25) is 5.95 Å². The Labute approximate surface area is 200 Å². The van der Waals surface area contributed by atoms with E-state index in [0.717, 1.165) is 0 Å². The summed E-state index contributed by atoms with van der Waals surface area (Å²) in [5.41, 5.74) is 1.89. The van der Waals surface area contributed by atoms with Gasteiger partial charge in [-0.1, -0.05) is 6.07 Å². The van der Waals surface area contributed by atoms with E-state index in [0.29, 0.717) is 51.7 Å². The van der Waals surface area contributed by atoms with Gasteiger partial charge in [0, 0.05) is 48.9 Å². The molecule has 0 atom stereocenters. The molecule has 3 heterocycles. The number of ether oxygens (including phenoxy) is 2. The first kappa shape index (κ1) is 23.5. The molecule has 1 aromatic carbocycles. The average Bonchev–Trinajstić information content (AvgIpc) is 2.87. The molecule has 1 amide bonds. The number of nitrogens with one attached hydrogen (secondary N) is 2. The van der Waals surface area contributed by atoms with Crippen LogP contribution in [0.4, 0.5) is 16.6 Å². The fraction of sp³-hybridized carbons (Fsp3) is 0.208. The number of carbonyl (C=O) groups is 1. The summed E-state index contributed by atoms with van der Waals surface area (Å²) in [5.74, 6) is 1.70. The van der Waals surface area contributed by atoms with Crippen LogP contribution in [0.3, 0.4) is 0 Å². The third-order valence-electron chi connectivity index (χ3n) is 5.35. The van der Waals surface area contributed by atoms with Crippen molar-refractivity contribution in [2.24, 2.45) is 0 Å². The molecule has 4 rings (SSSR count). The van der Waals surface area contributed by atoms with Crippen LogP contribution in [0.25, 0.3) is 22.2 Å². The number of rotatable bonds is 8. The second kappa shape index (κ2) is 10.1. The van der Waals surface area contributed by atoms with Gasteiger partial charge in [-0.3, -0.25) is 14.7 Å². The molecule has 11 heteroatoms. The van der Waals surface area contributed by atoms with Crippen molar-refractivity contribution >= 4 is 28.9 Å². The number of amides is 1. The van der Waals surface area contributed by atoms with E-state index in [1.54, 1.807) is 74.5 Å². The molecule has 0 fully saturated rings. The summed E-state index contributed by atoms with van der Waals surface area (Å²) in [6.45, 7) is 0.258. The summed E-state index contributed by atoms with van der Waals surface area (Å²) in [6.07, 6.45) is 0.823. The van der Waals surface area contributed by atoms with E-state index in [4.69, 9.17) is 14.6 Å². The minimum absolute atomic E-state index is 0.212. The second-order valence-corrected chi connectivity index (χ2v) is 7.53. The molecule has 180 valence electrons. The van der Waals surface area contributed by atoms with Crippen LogP contribution in [0.5, 0.6) is 11.5 Å². The molecule has 0 aliphatic rings. The number of benzene rings is 1. The van der Waals surface area contributed by atoms with Crippen LogP contribution < -0.4 is 25.7 Å². The van der Waals surface area contributed by atoms with Crippen molar-refractivity contribution in [3.8, 4) is 22.6 Å². The van der Waals surface area contributed by atoms with Crippen molar-refractivity contribution in [3.05, 3.63) is 64.7 Å². The van der Waals surface area contributed by atoms with Crippen molar-refractivity contribution < 1.29 is 19.4 Å². The standard InChI is InChI=1S/C24H24N6O5/c1-25-23-26-13-15-11-19(14-9-17(34-2)12-18(10-14)35-3)22(31)30(21(15)29-23)8-7-16-5-4-6-20(27-16)28-24(32)33/h4-6,9-13H,7-8H2,1-3H3,(H,27,28)(H,32,33)(H,25,26,29). The van der Waals surface area contributed by atoms with Gasteiger partial charge in [-0.2, -0.15) is 4.98 Å². The molecule has 0 bridgehead atoms. The minimum Gasteiger partial charge on any atom is -0.497 e. The van der Waals surface area contributed by atoms with Crippen LogP contribution >= 0.6 is 0 Å². The van der Waals surface area contributed by atoms with E-state index in [9.17, 15) is 9.59 Å². The lowest BCUT2D eigenvalue weighted by atomic mass is 10.0. The maximum absolute atomic E-state index is 13.7. The summed E-state index contributed by atoms with van der Waals surface area (Å²) in [5, 5.41) is 14.8. The quantitative estimate of drug-likeness (QED) is 0.349. The first-order valence-electron chi connectivity index (χ1n) is 10.7. The highest BCUT2D eigenvalue weighted by atomic mass is 16.5. The monoisotopic (exact) mass is 476 g/mol. The van der Waals surface area contributed by atoms with Gasteiger partial charge in [-0.25, -0.2) is 14.8 Å². The molecular weight excluding hydrogens is 452 g/mol. The van der Waals surface area contributed by atoms with Crippen LogP contribution in [0.2, 0.25) is 0 Å². The van der Waals surface area contributed by atoms with Crippen LogP contribution in [-0.4, -0.2) is 52.0 Å². The zero-order valence-electron chi connectivity index (χ0n) is 19.4. The van der Waals surface area contributed by atoms with Gasteiger partial charge in [0.15, 0.2) is 0 Å². The van der Waals surface area contributed by atoms with Crippen LogP contribution in [-0.2, 0) is 13.0 Å². The Bertz CT molecular complexity index is 1430. The van der Waals surface area contributed by atoms with E-state index in [2.05, 4.69) is 25.6 Å². The van der Waals surface area contributed by atoms with E-state index in [1.165, 1.54) is 0 Å². The van der Waals surface area contributed by atoms with Gasteiger partial charge in [-0.05, 0) is 35.9 Å². The average molecular weight is 476 g/mol. The van der Waals surface area contributed by atoms with Gasteiger partial charge >= 0.3 is 6.09 Å². The van der Waals surface area contributed by atoms with Crippen molar-refractivity contribution in [3.63, 3.8) is 0 Å². The highest BCUT2D eigenvalue weighted by Gasteiger charge is 2.15. The number of hydrogen-bond donors (Lipinski definition) is 3. The Morgan fingerprint density at radius 1 is 1.09 bits per heavy atom. The molecule has 0 saturated carbocycles. The number of methoxy groups -OCH3 is 2. The predicted octanol–water partition coefficient (Wildman–Crippen LogP) is 3.25. The molecule has 11 nitrogen and oxygen atoms in total. The number of nitrogens with zero attached hydrogens (tertiary/aromatic N) is 4. The fourth-order valence-corrected chi connectivity index (χ4v) is 3.68. The highest BCUT2D eigenvalue weighted by molar-refractivity contribution is 5.82. The summed E-state index contributed by atoms with van der Waals surface area (Å²) < 4.78 is 12.3. The van der Waals surface area contributed by atoms with Crippen LogP contribution in [0.15, 0.2) is 53.5 Å². The van der Waals surface area contributed by atoms with Gasteiger partial charge in [0.25, 0.3) is 5.56 Å². The minimum atomic E-state index is -1.20. The summed E-state index contributed by atoms with van der Waals surface area (Å²) in [4.78, 5) is 37.8. The van der Waals surface area contributed by atoms with Gasteiger partial charge in [0.1, 0.15) is 23.0 Å². The predicted molar refractivity (Wildman–Crippen MR) is 131 cm³/mol. The van der Waals surface area contributed by atoms with E-state index in [-0.39, 0.29) is 17.9 Å². The maximum atomic E-state index is 13.7. The van der Waals surface area contributed by atoms with Crippen molar-refractivity contribution in [2.75, 3.05) is 31.9 Å². The number of aromatic nitrogens is 4. The molecule has 0 spiro atoms. The molecule has 0 radical (unpaired) electrons. The normalized spacial score (nSPS) is 10.7. The van der Waals surface area contributed by atoms with E-state index in [1.807, 2.05) is 0 Å². The molecular formula is C24H24N6O5. The van der Waals surface area contributed by atoms with Crippen LogP contribution in [0.1, 0.15) is 5.69 Å². The van der Waals surface area contributed by atoms with Crippen molar-refractivity contribution in [2.45, 2.75) is 13.0 Å². The lowest BCUT2D eigenvalue weighted by molar-refractivity contribution is 0.209. The summed E-state index contributed by atoms with van der Waals surface area (Å²) >= 11 is 0. The fourth-order valence-electron chi connectivity index (χ4n) is 3.68. The second-order valence-electron chi connectivity index (χ2n) is 7.53. The zero-order chi connectivity index (χ0) is 24.9. The Morgan fingerprint density at radius 3 is 2.49 bits per heavy atom. The van der Waals surface area contributed by atoms with Gasteiger partial charge in [0.05, 0.1) is 14.2 Å². The number of carboxylic acid groups (broad SMARTS) is 1. The summed E-state index contributed by atoms with van der Waals surface area (Å²) in [7, 11) is 4.79. The zero-order valence-corrected chi connectivity index (χ0v) is 19.4. The molecule has 0 aliphatic heterocycles. The number of anilines is 2. The van der Waals surface area contributed by atoms with E-state index >= 15 is 0 Å². The Kier molecular flexibility index (Phi) is 6.76. The molecule has 0 saturated heterocycles. The third kappa shape index (κ3) is 5.13. The number of fused-ring (bicyclic) bond motifs is 1. The van der Waals surface area contributed by atoms with Gasteiger partial charge in [-0.15, -0.1) is 0 Å². The topological polar surface area (TPSA) is 140 Å². The Balaban J connectivity index is 1.82. The number of aryl methyl sites for hydroxylation is 2. The lowest BCUT2D eigenvalue weighted by Gasteiger charge is -2.14. The molecule has 4 aromatic rings. The third-order valence-corrected chi connectivity index (χ3v) is 5.35. The first-order chi connectivity index (χ1) is 16.9. The molecule has 35 heavy (non-hydrogen) atoms. The first-order valence-corrected chi connectivity index (χ1v) is 10.7. The lowest BCUT2D eigenvalue weighted by Crippen LogP contribution is -2.24. The maximum Gasteiger partial charge on any atom is 0.410 e. The number of pyridine rings is 2. The van der Waals surface area contributed by atoms with Crippen molar-refractivity contribution in [1.29, 1.82) is 0 Å². The van der Waals surface area contributed by atoms with Crippen LogP contribution in [0, 0.1) is 0 Å². The Hall–Kier alpha value is -4.67. The SMILES string of the molecule is CNc1ncc2cc(-c3cc(OC)cc(OC)c3)c(=O)n(CCc3cccc(NC(=O)O)n3)c2n1. The summed E-state index contributed by atoms with van der Waals surface area (Å²) in [6, 6.07) is 12.0. The molecule has 3 N–H and O–H groups in total. The highest BCUT2D eigenvalue weighted by Crippen LogP contribution is 2.29. The largest absolute Gasteiger partial charge is 0.497 e. The van der Waals surface area contributed by atoms with Crippen molar-refractivity contribution in [1.82, 2.24) is 19.5 Å². The molecule has 3 aromatic heterocycles. The Morgan fingerprint density at radius 2 is 1.83 bits per heavy atom. The van der Waals surface area contributed by atoms with Gasteiger partial charge < -0.3 is 19.9 Å². The molecule has 0 aliphatic carbocycles. The van der Waals surface area contributed by atoms with E-state index < -0.39 is 6.09 Å². The smallest absolute Gasteiger partial charge is 0.410 e. The molecule has 0 unspecified atom stereocenters.